The summed E-state index contributed by atoms with van der Waals surface area (Å²) < 4.78 is 2.63. The van der Waals surface area contributed by atoms with Gasteiger partial charge in [0.25, 0.3) is 0 Å². The van der Waals surface area contributed by atoms with Gasteiger partial charge in [-0.15, -0.1) is 11.3 Å². The molecule has 0 bridgehead atoms. The van der Waals surface area contributed by atoms with Crippen LogP contribution in [0.1, 0.15) is 45.2 Å². The Balaban J connectivity index is 1.03. The van der Waals surface area contributed by atoms with Crippen LogP contribution in [-0.4, -0.2) is 0 Å². The SMILES string of the molecule is CC1(C)CC(C)(C)c2cc(-c3ccc(-c4ccc(N(c5ccc(-c6ccccc6)cc5)c5ccccc5-c5cccc6c5sc5ccccc56)cc4)cc3)ccc21. The zero-order chi connectivity index (χ0) is 38.7. The number of nitrogens with zero attached hydrogens (tertiary/aromatic N) is 1. The van der Waals surface area contributed by atoms with Gasteiger partial charge in [0.1, 0.15) is 0 Å². The molecule has 2 heteroatoms. The van der Waals surface area contributed by atoms with Crippen molar-refractivity contribution in [2.45, 2.75) is 44.9 Å². The van der Waals surface area contributed by atoms with Crippen molar-refractivity contribution in [1.82, 2.24) is 0 Å². The van der Waals surface area contributed by atoms with Gasteiger partial charge < -0.3 is 4.90 Å². The molecular formula is C55H45NS. The molecule has 0 radical (unpaired) electrons. The van der Waals surface area contributed by atoms with Gasteiger partial charge in [-0.05, 0) is 98.2 Å². The first-order valence-corrected chi connectivity index (χ1v) is 20.9. The summed E-state index contributed by atoms with van der Waals surface area (Å²) in [5.41, 5.74) is 16.6. The number of fused-ring (bicyclic) bond motifs is 4. The summed E-state index contributed by atoms with van der Waals surface area (Å²) in [6, 6.07) is 69.3. The molecule has 0 atom stereocenters. The summed E-state index contributed by atoms with van der Waals surface area (Å²) in [5, 5.41) is 2.62. The number of para-hydroxylation sites is 1. The second kappa shape index (κ2) is 13.8. The van der Waals surface area contributed by atoms with Crippen molar-refractivity contribution in [3.05, 3.63) is 199 Å². The number of benzene rings is 8. The van der Waals surface area contributed by atoms with Crippen molar-refractivity contribution < 1.29 is 0 Å². The normalized spacial score (nSPS) is 14.2. The highest BCUT2D eigenvalue weighted by Crippen LogP contribution is 2.50. The molecule has 0 unspecified atom stereocenters. The Kier molecular flexibility index (Phi) is 8.50. The topological polar surface area (TPSA) is 3.24 Å². The molecule has 0 fully saturated rings. The van der Waals surface area contributed by atoms with Gasteiger partial charge >= 0.3 is 0 Å². The van der Waals surface area contributed by atoms with E-state index >= 15 is 0 Å². The predicted molar refractivity (Wildman–Crippen MR) is 246 cm³/mol. The fourth-order valence-electron chi connectivity index (χ4n) is 9.54. The van der Waals surface area contributed by atoms with Crippen LogP contribution in [0, 0.1) is 0 Å². The third-order valence-corrected chi connectivity index (χ3v) is 13.3. The molecule has 1 aliphatic rings. The van der Waals surface area contributed by atoms with Gasteiger partial charge in [-0.25, -0.2) is 0 Å². The minimum atomic E-state index is 0.181. The Labute approximate surface area is 340 Å². The number of anilines is 3. The summed E-state index contributed by atoms with van der Waals surface area (Å²) >= 11 is 1.88. The Bertz CT molecular complexity index is 2900. The standard InChI is InChI=1S/C55H45NS/c1-54(2)36-55(3,4)50-35-42(29-34-49(50)54)41-23-21-38(22-24-41)40-27-32-44(33-28-40)56(43-30-25-39(26-31-43)37-13-6-5-7-14-37)51-19-10-8-15-45(51)47-17-12-18-48-46-16-9-11-20-52(46)57-53(47)48/h5-35H,36H2,1-4H3. The summed E-state index contributed by atoms with van der Waals surface area (Å²) in [5.74, 6) is 0. The number of hydrogen-bond donors (Lipinski definition) is 0. The second-order valence-corrected chi connectivity index (χ2v) is 17.9. The first kappa shape index (κ1) is 35.2. The lowest BCUT2D eigenvalue weighted by atomic mass is 9.82. The van der Waals surface area contributed by atoms with Gasteiger partial charge in [-0.3, -0.25) is 0 Å². The number of thiophene rings is 1. The summed E-state index contributed by atoms with van der Waals surface area (Å²) in [4.78, 5) is 2.42. The van der Waals surface area contributed by atoms with Crippen molar-refractivity contribution >= 4 is 48.6 Å². The zero-order valence-corrected chi connectivity index (χ0v) is 33.8. The number of rotatable bonds is 7. The molecule has 57 heavy (non-hydrogen) atoms. The smallest absolute Gasteiger partial charge is 0.0540 e. The van der Waals surface area contributed by atoms with Gasteiger partial charge in [0, 0.05) is 42.7 Å². The lowest BCUT2D eigenvalue weighted by Crippen LogP contribution is -2.17. The van der Waals surface area contributed by atoms with Crippen LogP contribution in [-0.2, 0) is 10.8 Å². The van der Waals surface area contributed by atoms with E-state index in [0.717, 1.165) is 17.1 Å². The van der Waals surface area contributed by atoms with Gasteiger partial charge in [-0.2, -0.15) is 0 Å². The van der Waals surface area contributed by atoms with Crippen LogP contribution in [0.5, 0.6) is 0 Å². The van der Waals surface area contributed by atoms with Crippen molar-refractivity contribution in [2.75, 3.05) is 4.90 Å². The minimum absolute atomic E-state index is 0.181. The molecule has 0 aliphatic heterocycles. The minimum Gasteiger partial charge on any atom is -0.310 e. The second-order valence-electron chi connectivity index (χ2n) is 16.9. The van der Waals surface area contributed by atoms with E-state index in [4.69, 9.17) is 0 Å². The predicted octanol–water partition coefficient (Wildman–Crippen LogP) is 16.2. The van der Waals surface area contributed by atoms with Crippen LogP contribution in [0.15, 0.2) is 188 Å². The van der Waals surface area contributed by atoms with Gasteiger partial charge in [0.2, 0.25) is 0 Å². The van der Waals surface area contributed by atoms with E-state index in [1.165, 1.54) is 82.2 Å². The van der Waals surface area contributed by atoms with Gasteiger partial charge in [-0.1, -0.05) is 179 Å². The average molecular weight is 752 g/mol. The molecule has 276 valence electrons. The van der Waals surface area contributed by atoms with Gasteiger partial charge in [0.15, 0.2) is 0 Å². The Morgan fingerprint density at radius 2 is 0.895 bits per heavy atom. The molecule has 9 aromatic rings. The largest absolute Gasteiger partial charge is 0.310 e. The maximum Gasteiger partial charge on any atom is 0.0540 e. The Morgan fingerprint density at radius 3 is 1.58 bits per heavy atom. The lowest BCUT2D eigenvalue weighted by molar-refractivity contribution is 0.403. The van der Waals surface area contributed by atoms with E-state index < -0.39 is 0 Å². The van der Waals surface area contributed by atoms with Crippen LogP contribution < -0.4 is 4.90 Å². The van der Waals surface area contributed by atoms with E-state index in [9.17, 15) is 0 Å². The third kappa shape index (κ3) is 6.26. The highest BCUT2D eigenvalue weighted by atomic mass is 32.1. The van der Waals surface area contributed by atoms with Crippen molar-refractivity contribution in [2.24, 2.45) is 0 Å². The molecular weight excluding hydrogens is 707 g/mol. The molecule has 0 spiro atoms. The van der Waals surface area contributed by atoms with Gasteiger partial charge in [0.05, 0.1) is 5.69 Å². The Morgan fingerprint density at radius 1 is 0.404 bits per heavy atom. The van der Waals surface area contributed by atoms with Crippen molar-refractivity contribution in [3.63, 3.8) is 0 Å². The molecule has 0 saturated heterocycles. The fourth-order valence-corrected chi connectivity index (χ4v) is 10.8. The monoisotopic (exact) mass is 751 g/mol. The highest BCUT2D eigenvalue weighted by molar-refractivity contribution is 7.26. The van der Waals surface area contributed by atoms with E-state index in [1.54, 1.807) is 0 Å². The average Bonchev–Trinajstić information content (AvgIpc) is 3.72. The molecule has 1 heterocycles. The summed E-state index contributed by atoms with van der Waals surface area (Å²) in [7, 11) is 0. The molecule has 0 N–H and O–H groups in total. The molecule has 0 saturated carbocycles. The summed E-state index contributed by atoms with van der Waals surface area (Å²) in [6.45, 7) is 9.55. The molecule has 8 aromatic carbocycles. The van der Waals surface area contributed by atoms with Crippen molar-refractivity contribution in [1.29, 1.82) is 0 Å². The van der Waals surface area contributed by atoms with E-state index in [0.29, 0.717) is 0 Å². The van der Waals surface area contributed by atoms with Crippen LogP contribution in [0.2, 0.25) is 0 Å². The van der Waals surface area contributed by atoms with Crippen molar-refractivity contribution in [3.8, 4) is 44.5 Å². The van der Waals surface area contributed by atoms with E-state index in [1.807, 2.05) is 11.3 Å². The Hall–Kier alpha value is -6.22. The van der Waals surface area contributed by atoms with Crippen LogP contribution in [0.25, 0.3) is 64.7 Å². The zero-order valence-electron chi connectivity index (χ0n) is 33.0. The lowest BCUT2D eigenvalue weighted by Gasteiger charge is -2.28. The number of hydrogen-bond acceptors (Lipinski definition) is 2. The van der Waals surface area contributed by atoms with Crippen LogP contribution in [0.4, 0.5) is 17.1 Å². The molecule has 1 nitrogen and oxygen atoms in total. The maximum absolute atomic E-state index is 2.44. The highest BCUT2D eigenvalue weighted by Gasteiger charge is 2.41. The molecule has 1 aromatic heterocycles. The third-order valence-electron chi connectivity index (χ3n) is 12.1. The van der Waals surface area contributed by atoms with Crippen LogP contribution in [0.3, 0.4) is 0 Å². The molecule has 1 aliphatic carbocycles. The summed E-state index contributed by atoms with van der Waals surface area (Å²) in [6.07, 6.45) is 1.18. The molecule has 10 rings (SSSR count). The van der Waals surface area contributed by atoms with Crippen LogP contribution >= 0.6 is 11.3 Å². The van der Waals surface area contributed by atoms with E-state index in [-0.39, 0.29) is 10.8 Å². The molecule has 0 amide bonds. The maximum atomic E-state index is 2.44. The quantitative estimate of drug-likeness (QED) is 0.157. The fraction of sp³-hybridized carbons (Fsp3) is 0.127. The first-order valence-electron chi connectivity index (χ1n) is 20.0. The first-order chi connectivity index (χ1) is 27.7. The van der Waals surface area contributed by atoms with E-state index in [2.05, 4.69) is 221 Å².